The predicted molar refractivity (Wildman–Crippen MR) is 115 cm³/mol. The summed E-state index contributed by atoms with van der Waals surface area (Å²) in [4.78, 5) is 4.29. The normalized spacial score (nSPS) is 13.0. The fourth-order valence-corrected chi connectivity index (χ4v) is 2.84. The van der Waals surface area contributed by atoms with Gasteiger partial charge in [0.25, 0.3) is 0 Å². The second-order valence-corrected chi connectivity index (χ2v) is 5.88. The number of halogens is 2. The number of rotatable bonds is 6. The van der Waals surface area contributed by atoms with Crippen LogP contribution in [-0.4, -0.2) is 33.5 Å². The molecule has 1 heterocycles. The van der Waals surface area contributed by atoms with Gasteiger partial charge in [0.1, 0.15) is 11.6 Å². The number of anilines is 1. The van der Waals surface area contributed by atoms with Crippen molar-refractivity contribution >= 4 is 35.6 Å². The molecule has 0 saturated heterocycles. The van der Waals surface area contributed by atoms with Crippen LogP contribution in [0.1, 0.15) is 11.1 Å². The molecule has 2 aromatic carbocycles. The number of benzene rings is 2. The lowest BCUT2D eigenvalue weighted by Gasteiger charge is -2.20. The van der Waals surface area contributed by atoms with E-state index in [4.69, 9.17) is 24.7 Å². The molecular formula is C19H23FIN3O4. The first-order valence-corrected chi connectivity index (χ1v) is 8.41. The Kier molecular flexibility index (Phi) is 8.12. The molecule has 0 aromatic heterocycles. The monoisotopic (exact) mass is 503 g/mol. The number of nitrogens with one attached hydrogen (secondary N) is 1. The van der Waals surface area contributed by atoms with Crippen molar-refractivity contribution < 1.29 is 23.3 Å². The molecule has 0 unspecified atom stereocenters. The highest BCUT2D eigenvalue weighted by Crippen LogP contribution is 2.30. The molecule has 0 radical (unpaired) electrons. The third kappa shape index (κ3) is 5.38. The zero-order valence-corrected chi connectivity index (χ0v) is 18.0. The molecule has 152 valence electrons. The van der Waals surface area contributed by atoms with Crippen LogP contribution in [0.5, 0.6) is 17.2 Å². The molecule has 0 spiro atoms. The van der Waals surface area contributed by atoms with E-state index in [1.165, 1.54) is 12.1 Å². The van der Waals surface area contributed by atoms with Gasteiger partial charge in [-0.1, -0.05) is 0 Å². The molecule has 1 aliphatic rings. The van der Waals surface area contributed by atoms with Crippen molar-refractivity contribution in [3.05, 3.63) is 47.3 Å². The van der Waals surface area contributed by atoms with Crippen LogP contribution in [0.25, 0.3) is 0 Å². The van der Waals surface area contributed by atoms with E-state index in [1.807, 2.05) is 0 Å². The smallest absolute Gasteiger partial charge is 0.193 e. The lowest BCUT2D eigenvalue weighted by atomic mass is 10.1. The maximum absolute atomic E-state index is 13.8. The summed E-state index contributed by atoms with van der Waals surface area (Å²) in [6.45, 7) is 0.885. The first kappa shape index (κ1) is 22.0. The topological polar surface area (TPSA) is 87.3 Å². The van der Waals surface area contributed by atoms with Gasteiger partial charge in [0.2, 0.25) is 0 Å². The highest BCUT2D eigenvalue weighted by molar-refractivity contribution is 14.0. The molecule has 3 rings (SSSR count). The van der Waals surface area contributed by atoms with Crippen LogP contribution in [0, 0.1) is 5.82 Å². The standard InChI is InChI=1S/C19H22FN3O4.HI/c1-24-16-4-3-15(9-17(16)25-2)23-19(21)22-6-5-12-7-14(20)8-13-10-26-11-27-18(12)13;/h3-4,7-9H,5-6,10-11H2,1-2H3,(H3,21,22,23);1H. The fourth-order valence-electron chi connectivity index (χ4n) is 2.84. The second kappa shape index (κ2) is 10.3. The van der Waals surface area contributed by atoms with Crippen molar-refractivity contribution in [2.24, 2.45) is 10.7 Å². The molecule has 0 amide bonds. The molecule has 0 aliphatic carbocycles. The minimum atomic E-state index is -0.321. The summed E-state index contributed by atoms with van der Waals surface area (Å²) in [5.41, 5.74) is 8.11. The van der Waals surface area contributed by atoms with Crippen LogP contribution in [0.15, 0.2) is 35.3 Å². The number of nitrogens with zero attached hydrogens (tertiary/aromatic N) is 1. The van der Waals surface area contributed by atoms with Gasteiger partial charge >= 0.3 is 0 Å². The molecule has 0 atom stereocenters. The Morgan fingerprint density at radius 3 is 2.75 bits per heavy atom. The van der Waals surface area contributed by atoms with Crippen molar-refractivity contribution in [1.29, 1.82) is 0 Å². The molecule has 0 bridgehead atoms. The van der Waals surface area contributed by atoms with Gasteiger partial charge < -0.3 is 30.0 Å². The van der Waals surface area contributed by atoms with E-state index in [-0.39, 0.29) is 42.5 Å². The second-order valence-electron chi connectivity index (χ2n) is 5.88. The molecule has 7 nitrogen and oxygen atoms in total. The lowest BCUT2D eigenvalue weighted by Crippen LogP contribution is -2.23. The Morgan fingerprint density at radius 1 is 1.21 bits per heavy atom. The Morgan fingerprint density at radius 2 is 2.00 bits per heavy atom. The molecule has 1 aliphatic heterocycles. The Hall–Kier alpha value is -2.27. The van der Waals surface area contributed by atoms with E-state index in [2.05, 4.69) is 10.3 Å². The van der Waals surface area contributed by atoms with Crippen molar-refractivity contribution in [2.45, 2.75) is 13.0 Å². The molecule has 0 fully saturated rings. The molecular weight excluding hydrogens is 480 g/mol. The summed E-state index contributed by atoms with van der Waals surface area (Å²) in [6, 6.07) is 8.22. The first-order valence-electron chi connectivity index (χ1n) is 8.41. The van der Waals surface area contributed by atoms with Crippen LogP contribution < -0.4 is 25.3 Å². The zero-order chi connectivity index (χ0) is 19.2. The van der Waals surface area contributed by atoms with Crippen molar-refractivity contribution in [3.8, 4) is 17.2 Å². The zero-order valence-electron chi connectivity index (χ0n) is 15.7. The molecule has 9 heteroatoms. The number of ether oxygens (including phenoxy) is 4. The quantitative estimate of drug-likeness (QED) is 0.358. The number of fused-ring (bicyclic) bond motifs is 1. The Balaban J connectivity index is 0.00000280. The maximum atomic E-state index is 13.8. The molecule has 0 saturated carbocycles. The summed E-state index contributed by atoms with van der Waals surface area (Å²) >= 11 is 0. The predicted octanol–water partition coefficient (Wildman–Crippen LogP) is 3.30. The van der Waals surface area contributed by atoms with E-state index < -0.39 is 0 Å². The van der Waals surface area contributed by atoms with Crippen LogP contribution in [0.2, 0.25) is 0 Å². The van der Waals surface area contributed by atoms with Gasteiger partial charge in [0.15, 0.2) is 24.3 Å². The van der Waals surface area contributed by atoms with E-state index in [0.29, 0.717) is 42.4 Å². The average Bonchev–Trinajstić information content (AvgIpc) is 2.67. The van der Waals surface area contributed by atoms with Gasteiger partial charge in [-0.2, -0.15) is 0 Å². The molecule has 28 heavy (non-hydrogen) atoms. The molecule has 2 aromatic rings. The highest BCUT2D eigenvalue weighted by Gasteiger charge is 2.16. The highest BCUT2D eigenvalue weighted by atomic mass is 127. The van der Waals surface area contributed by atoms with Crippen molar-refractivity contribution in [3.63, 3.8) is 0 Å². The van der Waals surface area contributed by atoms with Gasteiger partial charge in [-0.25, -0.2) is 4.39 Å². The summed E-state index contributed by atoms with van der Waals surface area (Å²) in [5, 5.41) is 2.99. The van der Waals surface area contributed by atoms with E-state index in [9.17, 15) is 4.39 Å². The number of methoxy groups -OCH3 is 2. The number of aliphatic imine (C=N–C) groups is 1. The van der Waals surface area contributed by atoms with Gasteiger partial charge in [0, 0.05) is 23.9 Å². The van der Waals surface area contributed by atoms with E-state index in [0.717, 1.165) is 11.3 Å². The van der Waals surface area contributed by atoms with Crippen LogP contribution in [0.4, 0.5) is 10.1 Å². The average molecular weight is 503 g/mol. The number of hydrogen-bond acceptors (Lipinski definition) is 5. The van der Waals surface area contributed by atoms with Gasteiger partial charge in [0.05, 0.1) is 20.8 Å². The summed E-state index contributed by atoms with van der Waals surface area (Å²) < 4.78 is 34.9. The fraction of sp³-hybridized carbons (Fsp3) is 0.316. The SMILES string of the molecule is COc1ccc(NC(N)=NCCc2cc(F)cc3c2OCOC3)cc1OC.I. The van der Waals surface area contributed by atoms with Crippen molar-refractivity contribution in [1.82, 2.24) is 0 Å². The lowest BCUT2D eigenvalue weighted by molar-refractivity contribution is -0.0172. The third-order valence-corrected chi connectivity index (χ3v) is 4.07. The number of hydrogen-bond donors (Lipinski definition) is 2. The third-order valence-electron chi connectivity index (χ3n) is 4.07. The van der Waals surface area contributed by atoms with E-state index in [1.54, 1.807) is 32.4 Å². The number of guanidine groups is 1. The van der Waals surface area contributed by atoms with Crippen LogP contribution >= 0.6 is 24.0 Å². The van der Waals surface area contributed by atoms with Crippen LogP contribution in [0.3, 0.4) is 0 Å². The summed E-state index contributed by atoms with van der Waals surface area (Å²) in [7, 11) is 3.13. The Labute approximate surface area is 180 Å². The number of nitrogens with two attached hydrogens (primary N) is 1. The van der Waals surface area contributed by atoms with Crippen LogP contribution in [-0.2, 0) is 17.8 Å². The molecule has 3 N–H and O–H groups in total. The Bertz CT molecular complexity index is 848. The summed E-state index contributed by atoms with van der Waals surface area (Å²) in [6.07, 6.45) is 0.494. The largest absolute Gasteiger partial charge is 0.493 e. The maximum Gasteiger partial charge on any atom is 0.193 e. The van der Waals surface area contributed by atoms with Crippen molar-refractivity contribution in [2.75, 3.05) is 32.9 Å². The van der Waals surface area contributed by atoms with Gasteiger partial charge in [-0.3, -0.25) is 4.99 Å². The van der Waals surface area contributed by atoms with E-state index >= 15 is 0 Å². The minimum absolute atomic E-state index is 0. The minimum Gasteiger partial charge on any atom is -0.493 e. The van der Waals surface area contributed by atoms with Gasteiger partial charge in [-0.15, -0.1) is 24.0 Å². The summed E-state index contributed by atoms with van der Waals surface area (Å²) in [5.74, 6) is 1.80. The van der Waals surface area contributed by atoms with Gasteiger partial charge in [-0.05, 0) is 36.2 Å². The first-order chi connectivity index (χ1) is 13.1.